The summed E-state index contributed by atoms with van der Waals surface area (Å²) in [4.78, 5) is 52.0. The van der Waals surface area contributed by atoms with E-state index in [9.17, 15) is 19.2 Å². The number of ether oxygens (including phenoxy) is 2. The van der Waals surface area contributed by atoms with E-state index in [-0.39, 0.29) is 58.2 Å². The summed E-state index contributed by atoms with van der Waals surface area (Å²) in [6.45, 7) is 16.6. The van der Waals surface area contributed by atoms with Crippen LogP contribution in [0.3, 0.4) is 0 Å². The molecule has 0 amide bonds. The summed E-state index contributed by atoms with van der Waals surface area (Å²) in [5.74, 6) is -0.172. The fraction of sp³-hybridized carbons (Fsp3) is 0.771. The van der Waals surface area contributed by atoms with Crippen LogP contribution in [0.25, 0.3) is 0 Å². The fourth-order valence-corrected chi connectivity index (χ4v) is 7.54. The molecule has 2 rings (SSSR count). The zero-order valence-corrected chi connectivity index (χ0v) is 28.3. The number of nitrogens with one attached hydrogen (secondary N) is 2. The van der Waals surface area contributed by atoms with Crippen molar-refractivity contribution in [2.45, 2.75) is 125 Å². The summed E-state index contributed by atoms with van der Waals surface area (Å²) in [5.41, 5.74) is -0.210. The van der Waals surface area contributed by atoms with Gasteiger partial charge in [0.25, 0.3) is 0 Å². The van der Waals surface area contributed by atoms with Crippen LogP contribution in [-0.2, 0) is 28.7 Å². The van der Waals surface area contributed by atoms with Crippen molar-refractivity contribution in [3.63, 3.8) is 0 Å². The van der Waals surface area contributed by atoms with E-state index in [1.807, 2.05) is 13.8 Å². The molecule has 8 unspecified atom stereocenters. The molecule has 8 nitrogen and oxygen atoms in total. The summed E-state index contributed by atoms with van der Waals surface area (Å²) in [5, 5.41) is 6.62. The molecular formula is C35H58N2O6. The van der Waals surface area contributed by atoms with Crippen molar-refractivity contribution in [1.29, 1.82) is 0 Å². The van der Waals surface area contributed by atoms with Crippen molar-refractivity contribution >= 4 is 23.5 Å². The van der Waals surface area contributed by atoms with E-state index in [1.165, 1.54) is 14.2 Å². The molecule has 0 aromatic carbocycles. The predicted molar refractivity (Wildman–Crippen MR) is 170 cm³/mol. The Morgan fingerprint density at radius 1 is 0.721 bits per heavy atom. The van der Waals surface area contributed by atoms with E-state index in [0.717, 1.165) is 12.8 Å². The van der Waals surface area contributed by atoms with Crippen LogP contribution < -0.4 is 10.6 Å². The van der Waals surface area contributed by atoms with Gasteiger partial charge in [-0.05, 0) is 68.6 Å². The van der Waals surface area contributed by atoms with Crippen molar-refractivity contribution in [3.8, 4) is 0 Å². The van der Waals surface area contributed by atoms with E-state index in [1.54, 1.807) is 0 Å². The zero-order chi connectivity index (χ0) is 32.5. The number of ketones is 2. The number of methoxy groups -OCH3 is 2. The van der Waals surface area contributed by atoms with Gasteiger partial charge in [0.15, 0.2) is 0 Å². The van der Waals surface area contributed by atoms with Crippen LogP contribution in [0.2, 0.25) is 0 Å². The highest BCUT2D eigenvalue weighted by molar-refractivity contribution is 5.84. The average molecular weight is 603 g/mol. The van der Waals surface area contributed by atoms with E-state index in [2.05, 4.69) is 76.5 Å². The van der Waals surface area contributed by atoms with Gasteiger partial charge < -0.3 is 20.1 Å². The smallest absolute Gasteiger partial charge is 0.322 e. The molecule has 0 bridgehead atoms. The molecule has 2 aliphatic carbocycles. The minimum Gasteiger partial charge on any atom is -0.468 e. The lowest BCUT2D eigenvalue weighted by Gasteiger charge is -2.39. The standard InChI is InChI=1S/C35H58N2O6/c1-22-14-12-18-34(5,6)30(22)28(38)20-24(3)36-26(32(40)42-9)16-11-17-27(33(41)43-10)37-25(4)21-29(39)31-23(2)15-13-19-35(31,7)8/h12-15,22-27,30-31,36-37H,11,16-21H2,1-10H3. The van der Waals surface area contributed by atoms with Gasteiger partial charge >= 0.3 is 11.9 Å². The van der Waals surface area contributed by atoms with Crippen LogP contribution in [0.1, 0.15) is 100 Å². The first-order valence-electron chi connectivity index (χ1n) is 16.1. The van der Waals surface area contributed by atoms with Gasteiger partial charge in [-0.1, -0.05) is 65.8 Å². The summed E-state index contributed by atoms with van der Waals surface area (Å²) >= 11 is 0. The van der Waals surface area contributed by atoms with Gasteiger partial charge in [0.1, 0.15) is 23.7 Å². The highest BCUT2D eigenvalue weighted by Gasteiger charge is 2.41. The Bertz CT molecular complexity index is 951. The molecule has 0 aromatic heterocycles. The van der Waals surface area contributed by atoms with E-state index in [0.29, 0.717) is 32.1 Å². The first kappa shape index (κ1) is 36.9. The SMILES string of the molecule is COC(=O)C(CCCC(NC(C)CC(=O)C1C(C)C=CCC1(C)C)C(=O)OC)NC(C)CC(=O)C1C(C)C=CCC1(C)C. The minimum absolute atomic E-state index is 0.0667. The number of hydrogen-bond donors (Lipinski definition) is 2. The number of Topliss-reactive ketones (excluding diaryl/α,β-unsaturated/α-hetero) is 2. The van der Waals surface area contributed by atoms with Crippen LogP contribution >= 0.6 is 0 Å². The van der Waals surface area contributed by atoms with Crippen LogP contribution in [0, 0.1) is 34.5 Å². The van der Waals surface area contributed by atoms with Gasteiger partial charge in [0, 0.05) is 36.8 Å². The zero-order valence-electron chi connectivity index (χ0n) is 28.3. The maximum atomic E-state index is 13.3. The lowest BCUT2D eigenvalue weighted by molar-refractivity contribution is -0.144. The summed E-state index contributed by atoms with van der Waals surface area (Å²) in [6.07, 6.45) is 12.4. The van der Waals surface area contributed by atoms with E-state index >= 15 is 0 Å². The van der Waals surface area contributed by atoms with Gasteiger partial charge in [0.05, 0.1) is 14.2 Å². The molecule has 8 heteroatoms. The Morgan fingerprint density at radius 2 is 1.07 bits per heavy atom. The number of carbonyl (C=O) groups is 4. The van der Waals surface area contributed by atoms with Crippen LogP contribution in [0.4, 0.5) is 0 Å². The molecule has 0 saturated heterocycles. The highest BCUT2D eigenvalue weighted by Crippen LogP contribution is 2.42. The van der Waals surface area contributed by atoms with Gasteiger partial charge in [-0.2, -0.15) is 0 Å². The molecule has 0 radical (unpaired) electrons. The van der Waals surface area contributed by atoms with E-state index < -0.39 is 24.0 Å². The normalized spacial score (nSPS) is 27.0. The van der Waals surface area contributed by atoms with E-state index in [4.69, 9.17) is 9.47 Å². The molecule has 0 fully saturated rings. The summed E-state index contributed by atoms with van der Waals surface area (Å²) < 4.78 is 10.1. The lowest BCUT2D eigenvalue weighted by atomic mass is 9.64. The first-order chi connectivity index (χ1) is 20.0. The largest absolute Gasteiger partial charge is 0.468 e. The monoisotopic (exact) mass is 602 g/mol. The molecule has 2 aliphatic rings. The molecule has 0 aromatic rings. The van der Waals surface area contributed by atoms with Crippen molar-refractivity contribution in [1.82, 2.24) is 10.6 Å². The minimum atomic E-state index is -0.607. The molecule has 0 spiro atoms. The third-order valence-electron chi connectivity index (χ3n) is 9.54. The topological polar surface area (TPSA) is 111 Å². The fourth-order valence-electron chi connectivity index (χ4n) is 7.54. The number of esters is 2. The Balaban J connectivity index is 1.97. The second kappa shape index (κ2) is 16.1. The maximum absolute atomic E-state index is 13.3. The van der Waals surface area contributed by atoms with Crippen molar-refractivity contribution in [2.75, 3.05) is 14.2 Å². The third-order valence-corrected chi connectivity index (χ3v) is 9.54. The van der Waals surface area contributed by atoms with Gasteiger partial charge in [-0.15, -0.1) is 0 Å². The average Bonchev–Trinajstić information content (AvgIpc) is 2.89. The molecule has 244 valence electrons. The van der Waals surface area contributed by atoms with Crippen LogP contribution in [0.15, 0.2) is 24.3 Å². The van der Waals surface area contributed by atoms with Crippen molar-refractivity contribution in [2.24, 2.45) is 34.5 Å². The number of rotatable bonds is 16. The number of hydrogen-bond acceptors (Lipinski definition) is 8. The number of carbonyl (C=O) groups excluding carboxylic acids is 4. The first-order valence-corrected chi connectivity index (χ1v) is 16.1. The Hall–Kier alpha value is -2.32. The third kappa shape index (κ3) is 10.4. The second-order valence-corrected chi connectivity index (χ2v) is 14.5. The second-order valence-electron chi connectivity index (χ2n) is 14.5. The summed E-state index contributed by atoms with van der Waals surface area (Å²) in [6, 6.07) is -1.64. The molecular weight excluding hydrogens is 544 g/mol. The maximum Gasteiger partial charge on any atom is 0.322 e. The highest BCUT2D eigenvalue weighted by atomic mass is 16.5. The van der Waals surface area contributed by atoms with Gasteiger partial charge in [-0.3, -0.25) is 19.2 Å². The molecule has 0 saturated carbocycles. The van der Waals surface area contributed by atoms with Crippen molar-refractivity contribution < 1.29 is 28.7 Å². The predicted octanol–water partition coefficient (Wildman–Crippen LogP) is 5.59. The molecule has 43 heavy (non-hydrogen) atoms. The Labute approximate surface area is 260 Å². The molecule has 8 atom stereocenters. The number of allylic oxidation sites excluding steroid dienone is 4. The quantitative estimate of drug-likeness (QED) is 0.174. The van der Waals surface area contributed by atoms with Gasteiger partial charge in [0.2, 0.25) is 0 Å². The Kier molecular flexibility index (Phi) is 13.8. The molecule has 0 heterocycles. The molecule has 0 aliphatic heterocycles. The molecule has 2 N–H and O–H groups in total. The van der Waals surface area contributed by atoms with Crippen LogP contribution in [0.5, 0.6) is 0 Å². The summed E-state index contributed by atoms with van der Waals surface area (Å²) in [7, 11) is 2.71. The lowest BCUT2D eigenvalue weighted by Crippen LogP contribution is -2.47. The van der Waals surface area contributed by atoms with Crippen molar-refractivity contribution in [3.05, 3.63) is 24.3 Å². The van der Waals surface area contributed by atoms with Gasteiger partial charge in [-0.25, -0.2) is 0 Å². The van der Waals surface area contributed by atoms with Crippen LogP contribution in [-0.4, -0.2) is 61.9 Å². The Morgan fingerprint density at radius 3 is 1.37 bits per heavy atom.